The molecule has 0 heterocycles. The molecule has 0 aliphatic heterocycles. The molecule has 0 spiro atoms. The molecule has 0 bridgehead atoms. The van der Waals surface area contributed by atoms with Gasteiger partial charge in [-0.2, -0.15) is 0 Å². The fraction of sp³-hybridized carbons (Fsp3) is 0.500. The van der Waals surface area contributed by atoms with Crippen molar-refractivity contribution in [2.45, 2.75) is 46.2 Å². The van der Waals surface area contributed by atoms with Crippen molar-refractivity contribution in [2.75, 3.05) is 6.54 Å². The quantitative estimate of drug-likeness (QED) is 0.535. The molecule has 0 aliphatic carbocycles. The number of halogens is 1. The number of hydrogen-bond acceptors (Lipinski definition) is 3. The molecule has 1 rings (SSSR count). The van der Waals surface area contributed by atoms with Gasteiger partial charge in [0.05, 0.1) is 5.41 Å². The first-order valence-corrected chi connectivity index (χ1v) is 8.45. The zero-order valence-electron chi connectivity index (χ0n) is 15.3. The first-order valence-electron chi connectivity index (χ1n) is 8.45. The van der Waals surface area contributed by atoms with E-state index in [-0.39, 0.29) is 18.9 Å². The second kappa shape index (κ2) is 9.74. The lowest BCUT2D eigenvalue weighted by atomic mass is 9.94. The highest BCUT2D eigenvalue weighted by Crippen LogP contribution is 2.13. The van der Waals surface area contributed by atoms with Gasteiger partial charge in [0.1, 0.15) is 11.9 Å². The Labute approximate surface area is 152 Å². The van der Waals surface area contributed by atoms with Gasteiger partial charge in [0.25, 0.3) is 0 Å². The van der Waals surface area contributed by atoms with Gasteiger partial charge in [-0.15, -0.1) is 0 Å². The van der Waals surface area contributed by atoms with Crippen LogP contribution in [0.25, 0.3) is 0 Å². The van der Waals surface area contributed by atoms with Crippen LogP contribution in [0.15, 0.2) is 24.3 Å². The van der Waals surface area contributed by atoms with Crippen molar-refractivity contribution in [1.29, 1.82) is 0 Å². The van der Waals surface area contributed by atoms with Crippen LogP contribution in [0.1, 0.15) is 39.2 Å². The van der Waals surface area contributed by atoms with Crippen LogP contribution in [0.5, 0.6) is 0 Å². The molecule has 26 heavy (non-hydrogen) atoms. The molecule has 144 valence electrons. The number of benzene rings is 1. The topological polar surface area (TPSA) is 108 Å². The van der Waals surface area contributed by atoms with Gasteiger partial charge in [0, 0.05) is 13.1 Å². The normalized spacial score (nSPS) is 12.2. The summed E-state index contributed by atoms with van der Waals surface area (Å²) in [6, 6.07) is 4.41. The first-order chi connectivity index (χ1) is 12.2. The van der Waals surface area contributed by atoms with E-state index < -0.39 is 29.4 Å². The van der Waals surface area contributed by atoms with Crippen LogP contribution in [0, 0.1) is 11.2 Å². The van der Waals surface area contributed by atoms with Crippen molar-refractivity contribution in [2.24, 2.45) is 5.41 Å². The molecule has 1 unspecified atom stereocenters. The van der Waals surface area contributed by atoms with Gasteiger partial charge in [-0.1, -0.05) is 25.5 Å². The average Bonchev–Trinajstić information content (AvgIpc) is 2.58. The van der Waals surface area contributed by atoms with Crippen molar-refractivity contribution in [3.63, 3.8) is 0 Å². The molecule has 0 aromatic heterocycles. The standard InChI is InChI=1S/C18H26FN3O4/c1-4-5-14(15(23)21-11-18(2,3)16(24)25)22-17(26)20-10-12-6-8-13(19)9-7-12/h6-9,14H,4-5,10-11H2,1-3H3,(H,21,23)(H,24,25)(H2,20,22,26). The lowest BCUT2D eigenvalue weighted by molar-refractivity contribution is -0.146. The van der Waals surface area contributed by atoms with E-state index in [0.29, 0.717) is 12.8 Å². The Hall–Kier alpha value is -2.64. The van der Waals surface area contributed by atoms with Crippen LogP contribution in [-0.4, -0.2) is 35.6 Å². The zero-order chi connectivity index (χ0) is 19.7. The molecule has 1 aromatic rings. The number of rotatable bonds is 9. The smallest absolute Gasteiger partial charge is 0.315 e. The fourth-order valence-corrected chi connectivity index (χ4v) is 2.06. The Bertz CT molecular complexity index is 632. The van der Waals surface area contributed by atoms with E-state index in [1.54, 1.807) is 12.1 Å². The summed E-state index contributed by atoms with van der Waals surface area (Å²) in [6.07, 6.45) is 1.09. The third kappa shape index (κ3) is 7.08. The molecular weight excluding hydrogens is 341 g/mol. The number of carbonyl (C=O) groups excluding carboxylic acids is 2. The summed E-state index contributed by atoms with van der Waals surface area (Å²) in [6.45, 7) is 5.04. The van der Waals surface area contributed by atoms with Gasteiger partial charge in [-0.25, -0.2) is 9.18 Å². The Morgan fingerprint density at radius 3 is 2.31 bits per heavy atom. The van der Waals surface area contributed by atoms with Crippen molar-refractivity contribution >= 4 is 17.9 Å². The summed E-state index contributed by atoms with van der Waals surface area (Å²) in [7, 11) is 0. The van der Waals surface area contributed by atoms with Gasteiger partial charge < -0.3 is 21.1 Å². The number of urea groups is 1. The number of hydrogen-bond donors (Lipinski definition) is 4. The molecule has 0 radical (unpaired) electrons. The largest absolute Gasteiger partial charge is 0.481 e. The number of carboxylic acid groups (broad SMARTS) is 1. The summed E-state index contributed by atoms with van der Waals surface area (Å²) >= 11 is 0. The maximum atomic E-state index is 12.9. The van der Waals surface area contributed by atoms with E-state index in [4.69, 9.17) is 5.11 Å². The highest BCUT2D eigenvalue weighted by Gasteiger charge is 2.29. The molecule has 1 atom stereocenters. The third-order valence-electron chi connectivity index (χ3n) is 3.85. The third-order valence-corrected chi connectivity index (χ3v) is 3.85. The van der Waals surface area contributed by atoms with Gasteiger partial charge >= 0.3 is 12.0 Å². The molecular formula is C18H26FN3O4. The summed E-state index contributed by atoms with van der Waals surface area (Å²) in [5, 5.41) is 16.8. The summed E-state index contributed by atoms with van der Waals surface area (Å²) in [5.74, 6) is -1.81. The van der Waals surface area contributed by atoms with Crippen LogP contribution in [-0.2, 0) is 16.1 Å². The molecule has 0 saturated carbocycles. The van der Waals surface area contributed by atoms with E-state index in [0.717, 1.165) is 5.56 Å². The van der Waals surface area contributed by atoms with Gasteiger partial charge in [0.15, 0.2) is 0 Å². The first kappa shape index (κ1) is 21.4. The number of carboxylic acids is 1. The molecule has 7 nitrogen and oxygen atoms in total. The van der Waals surface area contributed by atoms with Crippen LogP contribution in [0.3, 0.4) is 0 Å². The van der Waals surface area contributed by atoms with Crippen LogP contribution >= 0.6 is 0 Å². The second-order valence-electron chi connectivity index (χ2n) is 6.70. The molecule has 0 saturated heterocycles. The molecule has 0 fully saturated rings. The molecule has 1 aromatic carbocycles. The predicted molar refractivity (Wildman–Crippen MR) is 94.9 cm³/mol. The number of carbonyl (C=O) groups is 3. The minimum absolute atomic E-state index is 0.0414. The Morgan fingerprint density at radius 2 is 1.77 bits per heavy atom. The van der Waals surface area contributed by atoms with Crippen LogP contribution < -0.4 is 16.0 Å². The lowest BCUT2D eigenvalue weighted by Gasteiger charge is -2.23. The minimum Gasteiger partial charge on any atom is -0.481 e. The number of aliphatic carboxylic acids is 1. The van der Waals surface area contributed by atoms with Gasteiger partial charge in [0.2, 0.25) is 5.91 Å². The second-order valence-corrected chi connectivity index (χ2v) is 6.70. The monoisotopic (exact) mass is 367 g/mol. The van der Waals surface area contributed by atoms with Crippen LogP contribution in [0.4, 0.5) is 9.18 Å². The van der Waals surface area contributed by atoms with E-state index in [9.17, 15) is 18.8 Å². The van der Waals surface area contributed by atoms with E-state index >= 15 is 0 Å². The van der Waals surface area contributed by atoms with Crippen molar-refractivity contribution in [1.82, 2.24) is 16.0 Å². The number of nitrogens with one attached hydrogen (secondary N) is 3. The SMILES string of the molecule is CCCC(NC(=O)NCc1ccc(F)cc1)C(=O)NCC(C)(C)C(=O)O. The predicted octanol–water partition coefficient (Wildman–Crippen LogP) is 2.02. The average molecular weight is 367 g/mol. The fourth-order valence-electron chi connectivity index (χ4n) is 2.06. The Morgan fingerprint density at radius 1 is 1.15 bits per heavy atom. The maximum Gasteiger partial charge on any atom is 0.315 e. The molecule has 8 heteroatoms. The number of amides is 3. The molecule has 0 aliphatic rings. The summed E-state index contributed by atoms with van der Waals surface area (Å²) in [4.78, 5) is 35.4. The minimum atomic E-state index is -1.10. The Balaban J connectivity index is 2.54. The zero-order valence-corrected chi connectivity index (χ0v) is 15.3. The highest BCUT2D eigenvalue weighted by atomic mass is 19.1. The molecule has 3 amide bonds. The van der Waals surface area contributed by atoms with E-state index in [1.165, 1.54) is 26.0 Å². The van der Waals surface area contributed by atoms with Crippen molar-refractivity contribution < 1.29 is 23.9 Å². The highest BCUT2D eigenvalue weighted by molar-refractivity contribution is 5.87. The summed E-state index contributed by atoms with van der Waals surface area (Å²) < 4.78 is 12.9. The van der Waals surface area contributed by atoms with Crippen LogP contribution in [0.2, 0.25) is 0 Å². The Kier molecular flexibility index (Phi) is 8.02. The summed E-state index contributed by atoms with van der Waals surface area (Å²) in [5.41, 5.74) is -0.377. The van der Waals surface area contributed by atoms with Crippen molar-refractivity contribution in [3.8, 4) is 0 Å². The van der Waals surface area contributed by atoms with Gasteiger partial charge in [-0.3, -0.25) is 9.59 Å². The van der Waals surface area contributed by atoms with E-state index in [2.05, 4.69) is 16.0 Å². The maximum absolute atomic E-state index is 12.9. The van der Waals surface area contributed by atoms with Crippen molar-refractivity contribution in [3.05, 3.63) is 35.6 Å². The lowest BCUT2D eigenvalue weighted by Crippen LogP contribution is -2.51. The van der Waals surface area contributed by atoms with E-state index in [1.807, 2.05) is 6.92 Å². The van der Waals surface area contributed by atoms with Gasteiger partial charge in [-0.05, 0) is 38.0 Å². The molecule has 4 N–H and O–H groups in total.